The molecule has 3 nitrogen and oxygen atoms in total. The Balaban J connectivity index is 1.61. The van der Waals surface area contributed by atoms with Crippen LogP contribution in [0.4, 0.5) is 5.69 Å². The van der Waals surface area contributed by atoms with Crippen LogP contribution in [0, 0.1) is 0 Å². The van der Waals surface area contributed by atoms with Crippen molar-refractivity contribution in [3.05, 3.63) is 65.7 Å². The van der Waals surface area contributed by atoms with Gasteiger partial charge in [-0.25, -0.2) is 0 Å². The monoisotopic (exact) mass is 280 g/mol. The Morgan fingerprint density at radius 3 is 2.67 bits per heavy atom. The van der Waals surface area contributed by atoms with Crippen molar-refractivity contribution in [2.45, 2.75) is 25.9 Å². The zero-order valence-electron chi connectivity index (χ0n) is 12.3. The number of rotatable bonds is 4. The summed E-state index contributed by atoms with van der Waals surface area (Å²) in [7, 11) is 0. The summed E-state index contributed by atoms with van der Waals surface area (Å²) in [6, 6.07) is 18.6. The molecule has 21 heavy (non-hydrogen) atoms. The summed E-state index contributed by atoms with van der Waals surface area (Å²) in [5, 5.41) is 3.24. The second-order valence-electron chi connectivity index (χ2n) is 5.53. The number of para-hydroxylation sites is 1. The first-order chi connectivity index (χ1) is 10.3. The SMILES string of the molecule is CC1Cc2ccccc2N1C(=O)CNCc1ccccc1. The molecule has 108 valence electrons. The van der Waals surface area contributed by atoms with Crippen LogP contribution in [0.25, 0.3) is 0 Å². The van der Waals surface area contributed by atoms with Gasteiger partial charge in [0.25, 0.3) is 0 Å². The lowest BCUT2D eigenvalue weighted by Gasteiger charge is -2.23. The zero-order chi connectivity index (χ0) is 14.7. The molecule has 0 saturated heterocycles. The van der Waals surface area contributed by atoms with Crippen LogP contribution >= 0.6 is 0 Å². The number of carbonyl (C=O) groups is 1. The Morgan fingerprint density at radius 2 is 1.86 bits per heavy atom. The molecule has 1 N–H and O–H groups in total. The van der Waals surface area contributed by atoms with Crippen molar-refractivity contribution in [3.63, 3.8) is 0 Å². The average molecular weight is 280 g/mol. The largest absolute Gasteiger partial charge is 0.308 e. The summed E-state index contributed by atoms with van der Waals surface area (Å²) >= 11 is 0. The smallest absolute Gasteiger partial charge is 0.241 e. The normalized spacial score (nSPS) is 16.8. The number of fused-ring (bicyclic) bond motifs is 1. The first-order valence-electron chi connectivity index (χ1n) is 7.40. The van der Waals surface area contributed by atoms with E-state index in [0.29, 0.717) is 6.54 Å². The zero-order valence-corrected chi connectivity index (χ0v) is 12.3. The molecular formula is C18H20N2O. The standard InChI is InChI=1S/C18H20N2O/c1-14-11-16-9-5-6-10-17(16)20(14)18(21)13-19-12-15-7-3-2-4-8-15/h2-10,14,19H,11-13H2,1H3. The Bertz CT molecular complexity index is 624. The topological polar surface area (TPSA) is 32.3 Å². The van der Waals surface area contributed by atoms with Crippen LogP contribution in [-0.2, 0) is 17.8 Å². The highest BCUT2D eigenvalue weighted by Gasteiger charge is 2.29. The molecule has 2 aromatic carbocycles. The number of benzene rings is 2. The summed E-state index contributed by atoms with van der Waals surface area (Å²) in [4.78, 5) is 14.4. The van der Waals surface area contributed by atoms with E-state index in [2.05, 4.69) is 30.4 Å². The molecule has 1 amide bonds. The lowest BCUT2D eigenvalue weighted by molar-refractivity contribution is -0.118. The molecule has 0 radical (unpaired) electrons. The fourth-order valence-corrected chi connectivity index (χ4v) is 2.94. The van der Waals surface area contributed by atoms with E-state index in [1.807, 2.05) is 41.3 Å². The molecule has 1 unspecified atom stereocenters. The number of nitrogens with one attached hydrogen (secondary N) is 1. The number of hydrogen-bond donors (Lipinski definition) is 1. The minimum Gasteiger partial charge on any atom is -0.308 e. The Labute approximate surface area is 125 Å². The lowest BCUT2D eigenvalue weighted by Crippen LogP contribution is -2.41. The van der Waals surface area contributed by atoms with E-state index in [1.165, 1.54) is 11.1 Å². The predicted molar refractivity (Wildman–Crippen MR) is 85.2 cm³/mol. The van der Waals surface area contributed by atoms with E-state index in [1.54, 1.807) is 0 Å². The number of anilines is 1. The fraction of sp³-hybridized carbons (Fsp3) is 0.278. The van der Waals surface area contributed by atoms with Crippen LogP contribution in [0.15, 0.2) is 54.6 Å². The maximum Gasteiger partial charge on any atom is 0.241 e. The molecule has 1 heterocycles. The van der Waals surface area contributed by atoms with Crippen molar-refractivity contribution in [1.29, 1.82) is 0 Å². The molecule has 0 bridgehead atoms. The maximum absolute atomic E-state index is 12.5. The van der Waals surface area contributed by atoms with Gasteiger partial charge in [-0.05, 0) is 30.5 Å². The van der Waals surface area contributed by atoms with Gasteiger partial charge in [0.05, 0.1) is 6.54 Å². The molecular weight excluding hydrogens is 260 g/mol. The predicted octanol–water partition coefficient (Wildman–Crippen LogP) is 2.75. The molecule has 0 aromatic heterocycles. The highest BCUT2D eigenvalue weighted by Crippen LogP contribution is 2.31. The summed E-state index contributed by atoms with van der Waals surface area (Å²) in [6.07, 6.45) is 0.945. The van der Waals surface area contributed by atoms with Crippen LogP contribution in [0.2, 0.25) is 0 Å². The molecule has 0 fully saturated rings. The van der Waals surface area contributed by atoms with Crippen molar-refractivity contribution < 1.29 is 4.79 Å². The van der Waals surface area contributed by atoms with Crippen molar-refractivity contribution in [2.24, 2.45) is 0 Å². The quantitative estimate of drug-likeness (QED) is 0.934. The molecule has 1 atom stereocenters. The first kappa shape index (κ1) is 13.8. The first-order valence-corrected chi connectivity index (χ1v) is 7.40. The molecule has 1 aliphatic rings. The molecule has 0 spiro atoms. The maximum atomic E-state index is 12.5. The number of amides is 1. The van der Waals surface area contributed by atoms with Gasteiger partial charge in [-0.2, -0.15) is 0 Å². The van der Waals surface area contributed by atoms with E-state index in [4.69, 9.17) is 0 Å². The van der Waals surface area contributed by atoms with Crippen LogP contribution in [0.5, 0.6) is 0 Å². The minimum atomic E-state index is 0.142. The van der Waals surface area contributed by atoms with Gasteiger partial charge in [0, 0.05) is 18.3 Å². The summed E-state index contributed by atoms with van der Waals surface area (Å²) in [5.74, 6) is 0.142. The van der Waals surface area contributed by atoms with Gasteiger partial charge in [0.15, 0.2) is 0 Å². The molecule has 3 rings (SSSR count). The lowest BCUT2D eigenvalue weighted by atomic mass is 10.1. The van der Waals surface area contributed by atoms with E-state index in [0.717, 1.165) is 18.7 Å². The van der Waals surface area contributed by atoms with Crippen LogP contribution in [-0.4, -0.2) is 18.5 Å². The highest BCUT2D eigenvalue weighted by molar-refractivity contribution is 5.97. The Hall–Kier alpha value is -2.13. The van der Waals surface area contributed by atoms with Gasteiger partial charge in [-0.3, -0.25) is 4.79 Å². The second-order valence-corrected chi connectivity index (χ2v) is 5.53. The highest BCUT2D eigenvalue weighted by atomic mass is 16.2. The van der Waals surface area contributed by atoms with Crippen molar-refractivity contribution >= 4 is 11.6 Å². The van der Waals surface area contributed by atoms with Gasteiger partial charge < -0.3 is 10.2 Å². The van der Waals surface area contributed by atoms with Crippen LogP contribution in [0.1, 0.15) is 18.1 Å². The van der Waals surface area contributed by atoms with E-state index >= 15 is 0 Å². The third-order valence-corrected chi connectivity index (χ3v) is 3.92. The summed E-state index contributed by atoms with van der Waals surface area (Å²) < 4.78 is 0. The van der Waals surface area contributed by atoms with Gasteiger partial charge in [-0.15, -0.1) is 0 Å². The Kier molecular flexibility index (Phi) is 4.02. The molecule has 1 aliphatic heterocycles. The van der Waals surface area contributed by atoms with Gasteiger partial charge >= 0.3 is 0 Å². The van der Waals surface area contributed by atoms with Crippen LogP contribution in [0.3, 0.4) is 0 Å². The minimum absolute atomic E-state index is 0.142. The fourth-order valence-electron chi connectivity index (χ4n) is 2.94. The van der Waals surface area contributed by atoms with Crippen molar-refractivity contribution in [2.75, 3.05) is 11.4 Å². The number of carbonyl (C=O) groups excluding carboxylic acids is 1. The van der Waals surface area contributed by atoms with E-state index in [-0.39, 0.29) is 11.9 Å². The molecule has 2 aromatic rings. The Morgan fingerprint density at radius 1 is 1.14 bits per heavy atom. The second kappa shape index (κ2) is 6.10. The van der Waals surface area contributed by atoms with E-state index in [9.17, 15) is 4.79 Å². The molecule has 3 heteroatoms. The summed E-state index contributed by atoms with van der Waals surface area (Å²) in [5.41, 5.74) is 3.53. The summed E-state index contributed by atoms with van der Waals surface area (Å²) in [6.45, 7) is 3.19. The number of nitrogens with zero attached hydrogens (tertiary/aromatic N) is 1. The average Bonchev–Trinajstić information content (AvgIpc) is 2.84. The third kappa shape index (κ3) is 2.98. The van der Waals surface area contributed by atoms with E-state index < -0.39 is 0 Å². The van der Waals surface area contributed by atoms with Gasteiger partial charge in [0.2, 0.25) is 5.91 Å². The molecule has 0 aliphatic carbocycles. The number of hydrogen-bond acceptors (Lipinski definition) is 2. The van der Waals surface area contributed by atoms with Gasteiger partial charge in [-0.1, -0.05) is 48.5 Å². The van der Waals surface area contributed by atoms with Gasteiger partial charge in [0.1, 0.15) is 0 Å². The van der Waals surface area contributed by atoms with Crippen LogP contribution < -0.4 is 10.2 Å². The third-order valence-electron chi connectivity index (χ3n) is 3.92. The van der Waals surface area contributed by atoms with Crippen molar-refractivity contribution in [1.82, 2.24) is 5.32 Å². The van der Waals surface area contributed by atoms with Crippen molar-refractivity contribution in [3.8, 4) is 0 Å². The molecule has 0 saturated carbocycles.